The van der Waals surface area contributed by atoms with Gasteiger partial charge in [-0.2, -0.15) is 0 Å². The summed E-state index contributed by atoms with van der Waals surface area (Å²) in [6, 6.07) is 11.9. The van der Waals surface area contributed by atoms with Gasteiger partial charge >= 0.3 is 0 Å². The van der Waals surface area contributed by atoms with Gasteiger partial charge in [-0.05, 0) is 17.4 Å². The number of nitrogens with zero attached hydrogens (tertiary/aromatic N) is 1. The first-order valence-corrected chi connectivity index (χ1v) is 8.01. The summed E-state index contributed by atoms with van der Waals surface area (Å²) in [7, 11) is 1.79. The molecule has 1 N–H and O–H groups in total. The normalized spacial score (nSPS) is 24.2. The highest BCUT2D eigenvalue weighted by atomic mass is 16.5. The highest BCUT2D eigenvalue weighted by molar-refractivity contribution is 5.16. The van der Waals surface area contributed by atoms with E-state index < -0.39 is 0 Å². The molecule has 1 aromatic rings. The van der Waals surface area contributed by atoms with Crippen LogP contribution in [0.5, 0.6) is 0 Å². The molecule has 2 rings (SSSR count). The summed E-state index contributed by atoms with van der Waals surface area (Å²) in [6.07, 6.45) is 1.11. The van der Waals surface area contributed by atoms with Crippen LogP contribution in [-0.2, 0) is 11.2 Å². The quantitative estimate of drug-likeness (QED) is 0.902. The first-order valence-electron chi connectivity index (χ1n) is 8.01. The van der Waals surface area contributed by atoms with Gasteiger partial charge in [-0.15, -0.1) is 0 Å². The lowest BCUT2D eigenvalue weighted by Gasteiger charge is -2.45. The fourth-order valence-electron chi connectivity index (χ4n) is 3.01. The minimum Gasteiger partial charge on any atom is -0.383 e. The largest absolute Gasteiger partial charge is 0.383 e. The predicted molar refractivity (Wildman–Crippen MR) is 88.6 cm³/mol. The van der Waals surface area contributed by atoms with E-state index in [4.69, 9.17) is 4.74 Å². The van der Waals surface area contributed by atoms with Crippen molar-refractivity contribution in [3.63, 3.8) is 0 Å². The van der Waals surface area contributed by atoms with Crippen molar-refractivity contribution in [1.82, 2.24) is 10.2 Å². The molecular formula is C18H30N2O. The minimum absolute atomic E-state index is 0.295. The number of nitrogens with one attached hydrogen (secondary N) is 1. The van der Waals surface area contributed by atoms with Gasteiger partial charge in [0.25, 0.3) is 0 Å². The van der Waals surface area contributed by atoms with Gasteiger partial charge < -0.3 is 10.1 Å². The van der Waals surface area contributed by atoms with Crippen molar-refractivity contribution in [1.29, 1.82) is 0 Å². The maximum atomic E-state index is 5.30. The summed E-state index contributed by atoms with van der Waals surface area (Å²) in [6.45, 7) is 10.9. The molecule has 1 aliphatic heterocycles. The number of piperazine rings is 1. The molecule has 0 saturated carbocycles. The van der Waals surface area contributed by atoms with Crippen LogP contribution in [0.2, 0.25) is 0 Å². The molecule has 21 heavy (non-hydrogen) atoms. The number of benzene rings is 1. The first-order chi connectivity index (χ1) is 10.0. The van der Waals surface area contributed by atoms with Crippen molar-refractivity contribution < 1.29 is 4.74 Å². The number of hydrogen-bond donors (Lipinski definition) is 1. The average Bonchev–Trinajstić information content (AvgIpc) is 2.46. The molecule has 2 unspecified atom stereocenters. The molecule has 2 atom stereocenters. The Hall–Kier alpha value is -0.900. The summed E-state index contributed by atoms with van der Waals surface area (Å²) < 4.78 is 5.30. The summed E-state index contributed by atoms with van der Waals surface area (Å²) in [5.74, 6) is 0. The monoisotopic (exact) mass is 290 g/mol. The van der Waals surface area contributed by atoms with Crippen molar-refractivity contribution in [3.05, 3.63) is 35.9 Å². The van der Waals surface area contributed by atoms with Gasteiger partial charge in [0.15, 0.2) is 0 Å². The van der Waals surface area contributed by atoms with Crippen molar-refractivity contribution in [3.8, 4) is 0 Å². The minimum atomic E-state index is 0.295. The fourth-order valence-corrected chi connectivity index (χ4v) is 3.01. The molecule has 1 heterocycles. The molecule has 0 aliphatic carbocycles. The van der Waals surface area contributed by atoms with Crippen LogP contribution >= 0.6 is 0 Å². The number of hydrogen-bond acceptors (Lipinski definition) is 3. The van der Waals surface area contributed by atoms with Gasteiger partial charge in [0.1, 0.15) is 0 Å². The van der Waals surface area contributed by atoms with Crippen LogP contribution in [0.3, 0.4) is 0 Å². The summed E-state index contributed by atoms with van der Waals surface area (Å²) >= 11 is 0. The van der Waals surface area contributed by atoms with Crippen LogP contribution in [0.15, 0.2) is 30.3 Å². The van der Waals surface area contributed by atoms with E-state index in [-0.39, 0.29) is 0 Å². The van der Waals surface area contributed by atoms with Crippen molar-refractivity contribution in [2.24, 2.45) is 5.41 Å². The van der Waals surface area contributed by atoms with Crippen molar-refractivity contribution in [2.45, 2.75) is 39.3 Å². The highest BCUT2D eigenvalue weighted by Crippen LogP contribution is 2.24. The molecule has 0 amide bonds. The molecule has 0 radical (unpaired) electrons. The van der Waals surface area contributed by atoms with Crippen LogP contribution in [0.1, 0.15) is 26.3 Å². The maximum absolute atomic E-state index is 5.30. The Labute approximate surface area is 129 Å². The lowest BCUT2D eigenvalue weighted by molar-refractivity contribution is 0.0597. The molecule has 1 saturated heterocycles. The van der Waals surface area contributed by atoms with Gasteiger partial charge in [-0.1, -0.05) is 51.1 Å². The Balaban J connectivity index is 2.02. The van der Waals surface area contributed by atoms with Crippen molar-refractivity contribution >= 4 is 0 Å². The predicted octanol–water partition coefficient (Wildman–Crippen LogP) is 2.56. The lowest BCUT2D eigenvalue weighted by atomic mass is 9.84. The second kappa shape index (κ2) is 7.39. The molecule has 3 nitrogen and oxygen atoms in total. The zero-order valence-electron chi connectivity index (χ0n) is 13.9. The number of rotatable bonds is 5. The van der Waals surface area contributed by atoms with E-state index in [9.17, 15) is 0 Å². The van der Waals surface area contributed by atoms with Crippen molar-refractivity contribution in [2.75, 3.05) is 33.4 Å². The third-order valence-electron chi connectivity index (χ3n) is 4.48. The van der Waals surface area contributed by atoms with E-state index >= 15 is 0 Å². The smallest absolute Gasteiger partial charge is 0.0589 e. The third-order valence-corrected chi connectivity index (χ3v) is 4.48. The molecule has 3 heteroatoms. The van der Waals surface area contributed by atoms with E-state index in [1.807, 2.05) is 0 Å². The Kier molecular flexibility index (Phi) is 5.80. The van der Waals surface area contributed by atoms with E-state index in [0.29, 0.717) is 17.5 Å². The first kappa shape index (κ1) is 16.5. The van der Waals surface area contributed by atoms with Gasteiger partial charge in [-0.25, -0.2) is 0 Å². The van der Waals surface area contributed by atoms with Crippen LogP contribution in [0.25, 0.3) is 0 Å². The Bertz CT molecular complexity index is 413. The number of methoxy groups -OCH3 is 1. The zero-order chi connectivity index (χ0) is 15.3. The van der Waals surface area contributed by atoms with E-state index in [1.165, 1.54) is 5.56 Å². The van der Waals surface area contributed by atoms with E-state index in [2.05, 4.69) is 61.3 Å². The molecule has 0 bridgehead atoms. The third kappa shape index (κ3) is 4.80. The molecule has 1 fully saturated rings. The van der Waals surface area contributed by atoms with E-state index in [0.717, 1.165) is 32.7 Å². The molecule has 1 aliphatic rings. The number of ether oxygens (including phenoxy) is 1. The van der Waals surface area contributed by atoms with E-state index in [1.54, 1.807) is 7.11 Å². The molecule has 1 aromatic carbocycles. The Morgan fingerprint density at radius 2 is 1.95 bits per heavy atom. The van der Waals surface area contributed by atoms with Crippen LogP contribution in [0.4, 0.5) is 0 Å². The second-order valence-electron chi connectivity index (χ2n) is 7.16. The summed E-state index contributed by atoms with van der Waals surface area (Å²) in [5.41, 5.74) is 1.71. The standard InChI is InChI=1S/C18H30N2O/c1-18(2,3)17-14-20(10-11-21-4)16(13-19-17)12-15-8-6-5-7-9-15/h5-9,16-17,19H,10-14H2,1-4H3. The SMILES string of the molecule is COCCN1CC(C(C)(C)C)NCC1Cc1ccccc1. The molecular weight excluding hydrogens is 260 g/mol. The Morgan fingerprint density at radius 3 is 2.57 bits per heavy atom. The van der Waals surface area contributed by atoms with Gasteiger partial charge in [-0.3, -0.25) is 4.90 Å². The molecule has 0 aromatic heterocycles. The maximum Gasteiger partial charge on any atom is 0.0589 e. The zero-order valence-corrected chi connectivity index (χ0v) is 13.9. The van der Waals surface area contributed by atoms with Gasteiger partial charge in [0.05, 0.1) is 6.61 Å². The average molecular weight is 290 g/mol. The molecule has 0 spiro atoms. The fraction of sp³-hybridized carbons (Fsp3) is 0.667. The summed E-state index contributed by atoms with van der Waals surface area (Å²) in [5, 5.41) is 3.75. The second-order valence-corrected chi connectivity index (χ2v) is 7.16. The summed E-state index contributed by atoms with van der Waals surface area (Å²) in [4.78, 5) is 2.60. The lowest BCUT2D eigenvalue weighted by Crippen LogP contribution is -2.61. The van der Waals surface area contributed by atoms with Crippen LogP contribution in [0, 0.1) is 5.41 Å². The van der Waals surface area contributed by atoms with Crippen LogP contribution < -0.4 is 5.32 Å². The highest BCUT2D eigenvalue weighted by Gasteiger charge is 2.33. The topological polar surface area (TPSA) is 24.5 Å². The van der Waals surface area contributed by atoms with Gasteiger partial charge in [0.2, 0.25) is 0 Å². The molecule has 118 valence electrons. The van der Waals surface area contributed by atoms with Crippen LogP contribution in [-0.4, -0.2) is 50.3 Å². The van der Waals surface area contributed by atoms with Gasteiger partial charge in [0, 0.05) is 38.8 Å². The Morgan fingerprint density at radius 1 is 1.24 bits per heavy atom.